The van der Waals surface area contributed by atoms with E-state index in [4.69, 9.17) is 5.73 Å². The summed E-state index contributed by atoms with van der Waals surface area (Å²) >= 11 is 1.57. The third-order valence-electron chi connectivity index (χ3n) is 2.03. The zero-order chi connectivity index (χ0) is 11.8. The van der Waals surface area contributed by atoms with E-state index >= 15 is 0 Å². The number of carbonyl (C=O) groups is 1. The van der Waals surface area contributed by atoms with Gasteiger partial charge in [0.05, 0.1) is 5.56 Å². The molecule has 0 bridgehead atoms. The molecule has 3 N–H and O–H groups in total. The molecule has 0 spiro atoms. The maximum absolute atomic E-state index is 11.8. The topological polar surface area (TPSA) is 55.1 Å². The minimum Gasteiger partial charge on any atom is -0.349 e. The van der Waals surface area contributed by atoms with E-state index in [2.05, 4.69) is 5.32 Å². The molecule has 0 aliphatic carbocycles. The number of benzene rings is 1. The van der Waals surface area contributed by atoms with E-state index in [1.165, 1.54) is 0 Å². The molecule has 4 heteroatoms. The Kier molecular flexibility index (Phi) is 5.67. The van der Waals surface area contributed by atoms with Gasteiger partial charge in [0, 0.05) is 18.0 Å². The lowest BCUT2D eigenvalue weighted by Crippen LogP contribution is -2.24. The van der Waals surface area contributed by atoms with Crippen LogP contribution in [0.25, 0.3) is 0 Å². The van der Waals surface area contributed by atoms with Crippen LogP contribution in [-0.2, 0) is 0 Å². The Balaban J connectivity index is 2.62. The van der Waals surface area contributed by atoms with Gasteiger partial charge in [-0.05, 0) is 18.4 Å². The number of thioether (sulfide) groups is 1. The maximum Gasteiger partial charge on any atom is 0.252 e. The van der Waals surface area contributed by atoms with Crippen molar-refractivity contribution in [2.45, 2.75) is 4.90 Å². The van der Waals surface area contributed by atoms with Gasteiger partial charge in [0.15, 0.2) is 0 Å². The van der Waals surface area contributed by atoms with Crippen LogP contribution in [0.4, 0.5) is 0 Å². The van der Waals surface area contributed by atoms with E-state index in [1.807, 2.05) is 42.7 Å². The van der Waals surface area contributed by atoms with Gasteiger partial charge < -0.3 is 11.1 Å². The second-order valence-corrected chi connectivity index (χ2v) is 3.97. The van der Waals surface area contributed by atoms with Crippen LogP contribution in [0.3, 0.4) is 0 Å². The number of hydrogen-bond donors (Lipinski definition) is 2. The van der Waals surface area contributed by atoms with Gasteiger partial charge in [-0.3, -0.25) is 4.79 Å². The summed E-state index contributed by atoms with van der Waals surface area (Å²) in [5, 5.41) is 2.81. The number of amides is 1. The van der Waals surface area contributed by atoms with Crippen molar-refractivity contribution in [1.82, 2.24) is 5.32 Å². The predicted molar refractivity (Wildman–Crippen MR) is 68.8 cm³/mol. The van der Waals surface area contributed by atoms with E-state index in [1.54, 1.807) is 11.8 Å². The summed E-state index contributed by atoms with van der Waals surface area (Å²) in [6.07, 6.45) is 5.63. The Labute approximate surface area is 100 Å². The van der Waals surface area contributed by atoms with Crippen molar-refractivity contribution in [3.8, 4) is 0 Å². The molecule has 0 atom stereocenters. The molecule has 0 aromatic heterocycles. The normalized spacial score (nSPS) is 10.6. The molecule has 0 aliphatic rings. The average molecular weight is 236 g/mol. The molecule has 0 saturated carbocycles. The molecule has 1 rings (SSSR count). The van der Waals surface area contributed by atoms with Gasteiger partial charge in [0.2, 0.25) is 0 Å². The summed E-state index contributed by atoms with van der Waals surface area (Å²) in [6.45, 7) is 1.01. The van der Waals surface area contributed by atoms with Crippen molar-refractivity contribution < 1.29 is 4.79 Å². The lowest BCUT2D eigenvalue weighted by Gasteiger charge is -2.06. The number of rotatable bonds is 5. The number of hydrogen-bond acceptors (Lipinski definition) is 3. The molecule has 0 fully saturated rings. The fraction of sp³-hybridized carbons (Fsp3) is 0.250. The molecule has 1 aromatic carbocycles. The number of nitrogens with one attached hydrogen (secondary N) is 1. The summed E-state index contributed by atoms with van der Waals surface area (Å²) < 4.78 is 0. The maximum atomic E-state index is 11.8. The summed E-state index contributed by atoms with van der Waals surface area (Å²) in [4.78, 5) is 12.8. The molecule has 0 unspecified atom stereocenters. The fourth-order valence-corrected chi connectivity index (χ4v) is 1.85. The molecule has 86 valence electrons. The monoisotopic (exact) mass is 236 g/mol. The van der Waals surface area contributed by atoms with Crippen molar-refractivity contribution in [3.63, 3.8) is 0 Å². The van der Waals surface area contributed by atoms with Crippen molar-refractivity contribution in [2.24, 2.45) is 5.73 Å². The lowest BCUT2D eigenvalue weighted by molar-refractivity contribution is 0.0955. The molecule has 1 amide bonds. The third kappa shape index (κ3) is 3.72. The van der Waals surface area contributed by atoms with Gasteiger partial charge in [0.25, 0.3) is 5.91 Å². The van der Waals surface area contributed by atoms with Crippen molar-refractivity contribution in [1.29, 1.82) is 0 Å². The van der Waals surface area contributed by atoms with Crippen LogP contribution in [0.5, 0.6) is 0 Å². The van der Waals surface area contributed by atoms with Crippen LogP contribution >= 0.6 is 11.8 Å². The van der Waals surface area contributed by atoms with Gasteiger partial charge >= 0.3 is 0 Å². The number of carbonyl (C=O) groups excluding carboxylic acids is 1. The highest BCUT2D eigenvalue weighted by atomic mass is 32.2. The molecule has 0 radical (unpaired) electrons. The van der Waals surface area contributed by atoms with E-state index in [0.717, 1.165) is 10.5 Å². The molecule has 0 saturated heterocycles. The summed E-state index contributed by atoms with van der Waals surface area (Å²) in [5.41, 5.74) is 6.02. The van der Waals surface area contributed by atoms with Crippen LogP contribution in [-0.4, -0.2) is 25.3 Å². The van der Waals surface area contributed by atoms with Crippen LogP contribution in [0, 0.1) is 0 Å². The average Bonchev–Trinajstić information content (AvgIpc) is 2.34. The van der Waals surface area contributed by atoms with E-state index in [-0.39, 0.29) is 5.91 Å². The Morgan fingerprint density at radius 2 is 2.19 bits per heavy atom. The smallest absolute Gasteiger partial charge is 0.252 e. The Morgan fingerprint density at radius 3 is 2.88 bits per heavy atom. The van der Waals surface area contributed by atoms with Crippen LogP contribution < -0.4 is 11.1 Å². The first-order valence-electron chi connectivity index (χ1n) is 5.06. The standard InChI is InChI=1S/C12H16N2OS/c1-16-11-7-3-2-6-10(11)12(15)14-9-5-4-8-13/h2-7H,8-9,13H2,1H3,(H,14,15)/b5-4+. The molecule has 0 heterocycles. The Bertz CT molecular complexity index is 377. The van der Waals surface area contributed by atoms with Crippen LogP contribution in [0.1, 0.15) is 10.4 Å². The van der Waals surface area contributed by atoms with Gasteiger partial charge in [-0.1, -0.05) is 24.3 Å². The molecular formula is C12H16N2OS. The zero-order valence-electron chi connectivity index (χ0n) is 9.27. The first kappa shape index (κ1) is 12.8. The predicted octanol–water partition coefficient (Wildman–Crippen LogP) is 1.65. The second kappa shape index (κ2) is 7.09. The van der Waals surface area contributed by atoms with Gasteiger partial charge in [0.1, 0.15) is 0 Å². The van der Waals surface area contributed by atoms with Crippen molar-refractivity contribution >= 4 is 17.7 Å². The Morgan fingerprint density at radius 1 is 1.44 bits per heavy atom. The zero-order valence-corrected chi connectivity index (χ0v) is 10.1. The highest BCUT2D eigenvalue weighted by molar-refractivity contribution is 7.98. The number of nitrogens with two attached hydrogens (primary N) is 1. The summed E-state index contributed by atoms with van der Waals surface area (Å²) in [6, 6.07) is 7.56. The van der Waals surface area contributed by atoms with Gasteiger partial charge in [-0.25, -0.2) is 0 Å². The highest BCUT2D eigenvalue weighted by Gasteiger charge is 2.08. The molecule has 1 aromatic rings. The van der Waals surface area contributed by atoms with E-state index < -0.39 is 0 Å². The van der Waals surface area contributed by atoms with Gasteiger partial charge in [-0.2, -0.15) is 0 Å². The molecular weight excluding hydrogens is 220 g/mol. The third-order valence-corrected chi connectivity index (χ3v) is 2.83. The Hall–Kier alpha value is -1.26. The minimum atomic E-state index is -0.0494. The summed E-state index contributed by atoms with van der Waals surface area (Å²) in [5.74, 6) is -0.0494. The quantitative estimate of drug-likeness (QED) is 0.604. The molecule has 16 heavy (non-hydrogen) atoms. The largest absolute Gasteiger partial charge is 0.349 e. The highest BCUT2D eigenvalue weighted by Crippen LogP contribution is 2.19. The molecule has 0 aliphatic heterocycles. The molecule has 3 nitrogen and oxygen atoms in total. The first-order valence-corrected chi connectivity index (χ1v) is 6.28. The van der Waals surface area contributed by atoms with Crippen LogP contribution in [0.2, 0.25) is 0 Å². The fourth-order valence-electron chi connectivity index (χ4n) is 1.26. The van der Waals surface area contributed by atoms with Gasteiger partial charge in [-0.15, -0.1) is 11.8 Å². The lowest BCUT2D eigenvalue weighted by atomic mass is 10.2. The van der Waals surface area contributed by atoms with Crippen LogP contribution in [0.15, 0.2) is 41.3 Å². The second-order valence-electron chi connectivity index (χ2n) is 3.12. The SMILES string of the molecule is CSc1ccccc1C(=O)NC/C=C/CN. The minimum absolute atomic E-state index is 0.0494. The van der Waals surface area contributed by atoms with E-state index in [9.17, 15) is 4.79 Å². The first-order chi connectivity index (χ1) is 7.79. The van der Waals surface area contributed by atoms with Crippen molar-refractivity contribution in [2.75, 3.05) is 19.3 Å². The van der Waals surface area contributed by atoms with Crippen molar-refractivity contribution in [3.05, 3.63) is 42.0 Å². The van der Waals surface area contributed by atoms with E-state index in [0.29, 0.717) is 13.1 Å². The summed E-state index contributed by atoms with van der Waals surface area (Å²) in [7, 11) is 0.